The zero-order chi connectivity index (χ0) is 12.3. The van der Waals surface area contributed by atoms with Crippen molar-refractivity contribution in [2.75, 3.05) is 45.8 Å². The third kappa shape index (κ3) is 5.83. The largest absolute Gasteiger partial charge is 0.372 e. The summed E-state index contributed by atoms with van der Waals surface area (Å²) < 4.78 is 5.64. The highest BCUT2D eigenvalue weighted by Gasteiger charge is 2.26. The number of halogens is 2. The van der Waals surface area contributed by atoms with E-state index < -0.39 is 0 Å². The van der Waals surface area contributed by atoms with Crippen molar-refractivity contribution in [1.82, 2.24) is 15.1 Å². The summed E-state index contributed by atoms with van der Waals surface area (Å²) in [6.07, 6.45) is 0.316. The van der Waals surface area contributed by atoms with Crippen molar-refractivity contribution < 1.29 is 9.53 Å². The van der Waals surface area contributed by atoms with E-state index in [0.29, 0.717) is 6.54 Å². The third-order valence-corrected chi connectivity index (χ3v) is 3.34. The summed E-state index contributed by atoms with van der Waals surface area (Å²) in [4.78, 5) is 16.3. The van der Waals surface area contributed by atoms with Gasteiger partial charge in [-0.1, -0.05) is 0 Å². The molecule has 0 spiro atoms. The van der Waals surface area contributed by atoms with Crippen LogP contribution in [0.1, 0.15) is 13.8 Å². The van der Waals surface area contributed by atoms with Crippen LogP contribution in [0, 0.1) is 0 Å². The number of ether oxygens (including phenoxy) is 1. The molecule has 114 valence electrons. The Hall–Kier alpha value is -0.0700. The monoisotopic (exact) mass is 313 g/mol. The number of morpholine rings is 1. The minimum absolute atomic E-state index is 0. The number of carbonyl (C=O) groups excluding carboxylic acids is 1. The normalized spacial score (nSPS) is 28.2. The van der Waals surface area contributed by atoms with E-state index in [-0.39, 0.29) is 42.9 Å². The van der Waals surface area contributed by atoms with E-state index in [1.165, 1.54) is 0 Å². The highest BCUT2D eigenvalue weighted by Crippen LogP contribution is 2.11. The average molecular weight is 314 g/mol. The summed E-state index contributed by atoms with van der Waals surface area (Å²) in [5.74, 6) is 0.244. The quantitative estimate of drug-likeness (QED) is 0.800. The Morgan fingerprint density at radius 1 is 1.16 bits per heavy atom. The van der Waals surface area contributed by atoms with E-state index in [0.717, 1.165) is 39.3 Å². The van der Waals surface area contributed by atoms with Crippen LogP contribution in [0.3, 0.4) is 0 Å². The molecule has 7 heteroatoms. The van der Waals surface area contributed by atoms with Crippen molar-refractivity contribution in [3.63, 3.8) is 0 Å². The van der Waals surface area contributed by atoms with Gasteiger partial charge in [-0.15, -0.1) is 24.8 Å². The smallest absolute Gasteiger partial charge is 0.236 e. The van der Waals surface area contributed by atoms with Gasteiger partial charge < -0.3 is 15.0 Å². The van der Waals surface area contributed by atoms with E-state index in [1.807, 2.05) is 18.7 Å². The SMILES string of the molecule is CC1CN(C(=O)CN2CCNCC2)CC(C)O1.Cl.Cl. The van der Waals surface area contributed by atoms with Crippen LogP contribution >= 0.6 is 24.8 Å². The first kappa shape index (κ1) is 18.9. The van der Waals surface area contributed by atoms with Gasteiger partial charge in [0, 0.05) is 39.3 Å². The second kappa shape index (κ2) is 8.97. The van der Waals surface area contributed by atoms with Gasteiger partial charge in [0.05, 0.1) is 18.8 Å². The summed E-state index contributed by atoms with van der Waals surface area (Å²) in [7, 11) is 0. The van der Waals surface area contributed by atoms with E-state index >= 15 is 0 Å². The van der Waals surface area contributed by atoms with Gasteiger partial charge in [0.2, 0.25) is 5.91 Å². The molecule has 1 amide bonds. The number of amides is 1. The van der Waals surface area contributed by atoms with Crippen LogP contribution in [0.4, 0.5) is 0 Å². The molecule has 19 heavy (non-hydrogen) atoms. The second-order valence-electron chi connectivity index (χ2n) is 5.08. The van der Waals surface area contributed by atoms with Crippen LogP contribution in [-0.2, 0) is 9.53 Å². The van der Waals surface area contributed by atoms with Crippen LogP contribution in [0.15, 0.2) is 0 Å². The lowest BCUT2D eigenvalue weighted by Crippen LogP contribution is -2.53. The van der Waals surface area contributed by atoms with Gasteiger partial charge in [-0.2, -0.15) is 0 Å². The summed E-state index contributed by atoms with van der Waals surface area (Å²) >= 11 is 0. The number of rotatable bonds is 2. The second-order valence-corrected chi connectivity index (χ2v) is 5.08. The Morgan fingerprint density at radius 3 is 2.21 bits per heavy atom. The molecule has 2 atom stereocenters. The number of carbonyl (C=O) groups is 1. The lowest BCUT2D eigenvalue weighted by molar-refractivity contribution is -0.144. The molecule has 2 heterocycles. The highest BCUT2D eigenvalue weighted by atomic mass is 35.5. The fourth-order valence-electron chi connectivity index (χ4n) is 2.54. The minimum Gasteiger partial charge on any atom is -0.372 e. The van der Waals surface area contributed by atoms with E-state index in [1.54, 1.807) is 0 Å². The lowest BCUT2D eigenvalue weighted by Gasteiger charge is -2.37. The van der Waals surface area contributed by atoms with Crippen molar-refractivity contribution in [3.05, 3.63) is 0 Å². The number of nitrogens with one attached hydrogen (secondary N) is 1. The van der Waals surface area contributed by atoms with Crippen molar-refractivity contribution in [1.29, 1.82) is 0 Å². The molecule has 2 rings (SSSR count). The fraction of sp³-hybridized carbons (Fsp3) is 0.917. The van der Waals surface area contributed by atoms with Gasteiger partial charge >= 0.3 is 0 Å². The van der Waals surface area contributed by atoms with E-state index in [4.69, 9.17) is 4.74 Å². The molecular weight excluding hydrogens is 289 g/mol. The molecule has 0 bridgehead atoms. The summed E-state index contributed by atoms with van der Waals surface area (Å²) in [6.45, 7) is 10.0. The molecule has 0 aromatic rings. The third-order valence-electron chi connectivity index (χ3n) is 3.34. The molecule has 2 fully saturated rings. The molecule has 0 aromatic heterocycles. The predicted octanol–water partition coefficient (Wildman–Crippen LogP) is 0.371. The van der Waals surface area contributed by atoms with Crippen LogP contribution in [0.5, 0.6) is 0 Å². The molecule has 1 N–H and O–H groups in total. The molecule has 2 aliphatic heterocycles. The van der Waals surface area contributed by atoms with Gasteiger partial charge in [0.1, 0.15) is 0 Å². The number of hydrogen-bond acceptors (Lipinski definition) is 4. The lowest BCUT2D eigenvalue weighted by atomic mass is 10.2. The minimum atomic E-state index is 0. The maximum atomic E-state index is 12.2. The van der Waals surface area contributed by atoms with Crippen molar-refractivity contribution in [2.24, 2.45) is 0 Å². The molecule has 5 nitrogen and oxygen atoms in total. The van der Waals surface area contributed by atoms with Gasteiger partial charge in [-0.25, -0.2) is 0 Å². The molecule has 0 saturated carbocycles. The van der Waals surface area contributed by atoms with E-state index in [9.17, 15) is 4.79 Å². The first-order valence-corrected chi connectivity index (χ1v) is 6.51. The van der Waals surface area contributed by atoms with Crippen molar-refractivity contribution in [3.8, 4) is 0 Å². The summed E-state index contributed by atoms with van der Waals surface area (Å²) in [5.41, 5.74) is 0. The number of hydrogen-bond donors (Lipinski definition) is 1. The molecule has 0 radical (unpaired) electrons. The molecule has 2 unspecified atom stereocenters. The summed E-state index contributed by atoms with van der Waals surface area (Å²) in [5, 5.41) is 3.30. The Bertz CT molecular complexity index is 266. The fourth-order valence-corrected chi connectivity index (χ4v) is 2.54. The molecule has 2 saturated heterocycles. The van der Waals surface area contributed by atoms with Gasteiger partial charge in [-0.05, 0) is 13.8 Å². The van der Waals surface area contributed by atoms with Crippen LogP contribution < -0.4 is 5.32 Å². The Labute approximate surface area is 127 Å². The average Bonchev–Trinajstić information content (AvgIpc) is 2.29. The van der Waals surface area contributed by atoms with Gasteiger partial charge in [-0.3, -0.25) is 9.69 Å². The first-order chi connectivity index (χ1) is 8.15. The number of piperazine rings is 1. The molecule has 0 aliphatic carbocycles. The maximum Gasteiger partial charge on any atom is 0.236 e. The zero-order valence-corrected chi connectivity index (χ0v) is 13.3. The zero-order valence-electron chi connectivity index (χ0n) is 11.6. The Kier molecular flexibility index (Phi) is 8.94. The maximum absolute atomic E-state index is 12.2. The van der Waals surface area contributed by atoms with Crippen molar-refractivity contribution in [2.45, 2.75) is 26.1 Å². The van der Waals surface area contributed by atoms with Gasteiger partial charge in [0.15, 0.2) is 0 Å². The topological polar surface area (TPSA) is 44.8 Å². The van der Waals surface area contributed by atoms with Gasteiger partial charge in [0.25, 0.3) is 0 Å². The molecular formula is C12H25Cl2N3O2. The van der Waals surface area contributed by atoms with Crippen LogP contribution in [-0.4, -0.2) is 73.7 Å². The highest BCUT2D eigenvalue weighted by molar-refractivity contribution is 5.85. The predicted molar refractivity (Wildman–Crippen MR) is 80.4 cm³/mol. The standard InChI is InChI=1S/C12H23N3O2.2ClH/c1-10-7-15(8-11(2)17-10)12(16)9-14-5-3-13-4-6-14;;/h10-11,13H,3-9H2,1-2H3;2*1H. The van der Waals surface area contributed by atoms with Crippen molar-refractivity contribution >= 4 is 30.7 Å². The Balaban J connectivity index is 0.00000162. The molecule has 2 aliphatic rings. The van der Waals surface area contributed by atoms with Crippen LogP contribution in [0.25, 0.3) is 0 Å². The number of nitrogens with zero attached hydrogens (tertiary/aromatic N) is 2. The molecule has 0 aromatic carbocycles. The Morgan fingerprint density at radius 2 is 1.68 bits per heavy atom. The van der Waals surface area contributed by atoms with Crippen LogP contribution in [0.2, 0.25) is 0 Å². The first-order valence-electron chi connectivity index (χ1n) is 6.51. The van der Waals surface area contributed by atoms with E-state index in [2.05, 4.69) is 10.2 Å². The summed E-state index contributed by atoms with van der Waals surface area (Å²) in [6, 6.07) is 0.